The van der Waals surface area contributed by atoms with Crippen LogP contribution in [0.1, 0.15) is 10.4 Å². The van der Waals surface area contributed by atoms with Crippen LogP contribution in [0.3, 0.4) is 0 Å². The molecule has 1 aromatic rings. The molecule has 0 bridgehead atoms. The van der Waals surface area contributed by atoms with E-state index in [2.05, 4.69) is 0 Å². The third-order valence-corrected chi connectivity index (χ3v) is 6.62. The lowest BCUT2D eigenvalue weighted by molar-refractivity contribution is -0.348. The maximum atomic E-state index is 12.6. The minimum Gasteiger partial charge on any atom is -0.472 e. The topological polar surface area (TPSA) is 196 Å². The molecule has 0 aromatic heterocycles. The molecular formula is C22H28O12. The Morgan fingerprint density at radius 2 is 1.71 bits per heavy atom. The highest BCUT2D eigenvalue weighted by atomic mass is 16.8. The second-order valence-corrected chi connectivity index (χ2v) is 8.60. The first kappa shape index (κ1) is 25.0. The molecule has 7 N–H and O–H groups in total. The van der Waals surface area contributed by atoms with Gasteiger partial charge in [-0.3, -0.25) is 0 Å². The summed E-state index contributed by atoms with van der Waals surface area (Å²) in [5.41, 5.74) is -2.02. The van der Waals surface area contributed by atoms with Crippen molar-refractivity contribution in [2.24, 2.45) is 11.8 Å². The lowest BCUT2D eigenvalue weighted by Gasteiger charge is -2.43. The maximum absolute atomic E-state index is 12.6. The van der Waals surface area contributed by atoms with Gasteiger partial charge in [-0.2, -0.15) is 0 Å². The van der Waals surface area contributed by atoms with Crippen molar-refractivity contribution in [1.82, 2.24) is 0 Å². The number of ether oxygens (including phenoxy) is 4. The number of rotatable bonds is 6. The van der Waals surface area contributed by atoms with Gasteiger partial charge in [-0.1, -0.05) is 18.2 Å². The van der Waals surface area contributed by atoms with Crippen LogP contribution >= 0.6 is 0 Å². The average molecular weight is 484 g/mol. The summed E-state index contributed by atoms with van der Waals surface area (Å²) in [4.78, 5) is 12.6. The Morgan fingerprint density at radius 3 is 2.35 bits per heavy atom. The molecule has 12 heteroatoms. The van der Waals surface area contributed by atoms with Crippen LogP contribution in [0.5, 0.6) is 0 Å². The summed E-state index contributed by atoms with van der Waals surface area (Å²) in [6, 6.07) is 8.01. The monoisotopic (exact) mass is 484 g/mol. The van der Waals surface area contributed by atoms with Gasteiger partial charge in [0.25, 0.3) is 0 Å². The van der Waals surface area contributed by atoms with E-state index in [-0.39, 0.29) is 5.56 Å². The summed E-state index contributed by atoms with van der Waals surface area (Å²) in [5.74, 6) is -2.82. The molecule has 34 heavy (non-hydrogen) atoms. The normalized spacial score (nSPS) is 43.7. The molecule has 0 radical (unpaired) electrons. The number of carbonyl (C=O) groups excluding carboxylic acids is 1. The lowest BCUT2D eigenvalue weighted by Crippen LogP contribution is -2.61. The molecule has 1 saturated carbocycles. The lowest BCUT2D eigenvalue weighted by atomic mass is 9.83. The van der Waals surface area contributed by atoms with Gasteiger partial charge in [-0.05, 0) is 18.2 Å². The Balaban J connectivity index is 1.57. The van der Waals surface area contributed by atoms with E-state index in [1.165, 1.54) is 24.5 Å². The third kappa shape index (κ3) is 4.21. The second kappa shape index (κ2) is 9.85. The zero-order valence-electron chi connectivity index (χ0n) is 17.9. The van der Waals surface area contributed by atoms with Crippen molar-refractivity contribution in [3.8, 4) is 0 Å². The van der Waals surface area contributed by atoms with Gasteiger partial charge in [0, 0.05) is 5.92 Å². The fraction of sp³-hybridized carbons (Fsp3) is 0.591. The highest BCUT2D eigenvalue weighted by molar-refractivity contribution is 5.89. The highest BCUT2D eigenvalue weighted by Gasteiger charge is 2.65. The van der Waals surface area contributed by atoms with Crippen LogP contribution in [0.25, 0.3) is 0 Å². The molecule has 1 aromatic carbocycles. The van der Waals surface area contributed by atoms with Gasteiger partial charge < -0.3 is 54.7 Å². The van der Waals surface area contributed by atoms with Crippen LogP contribution in [-0.2, 0) is 18.9 Å². The van der Waals surface area contributed by atoms with E-state index < -0.39 is 85.8 Å². The van der Waals surface area contributed by atoms with Gasteiger partial charge in [0.2, 0.25) is 6.29 Å². The quantitative estimate of drug-likeness (QED) is 0.206. The minimum atomic E-state index is -2.24. The maximum Gasteiger partial charge on any atom is 0.338 e. The van der Waals surface area contributed by atoms with Crippen LogP contribution in [0.4, 0.5) is 0 Å². The molecule has 0 spiro atoms. The number of hydrogen-bond acceptors (Lipinski definition) is 12. The molecule has 2 aliphatic heterocycles. The molecule has 4 rings (SSSR count). The van der Waals surface area contributed by atoms with Crippen LogP contribution < -0.4 is 0 Å². The predicted octanol–water partition coefficient (Wildman–Crippen LogP) is -2.77. The third-order valence-electron chi connectivity index (χ3n) is 6.62. The van der Waals surface area contributed by atoms with Crippen molar-refractivity contribution in [3.05, 3.63) is 48.2 Å². The summed E-state index contributed by atoms with van der Waals surface area (Å²) in [6.07, 6.45) is -9.73. The molecule has 2 heterocycles. The molecule has 3 aliphatic rings. The molecule has 0 amide bonds. The standard InChI is InChI=1S/C22H28O12/c23-8-12-14(25)15(26)16(27)21(32-12)34-20-13-11(6-7-31-20)17(18(28)22(13,30)9-24)33-19(29)10-4-2-1-3-5-10/h1-7,11-18,20-21,23-28,30H,8-9H2/t11-,12+,13-,14-,15-,16-,17+,18-,20-,21+,22-/m1/s1. The zero-order chi connectivity index (χ0) is 24.6. The fourth-order valence-electron chi connectivity index (χ4n) is 4.71. The SMILES string of the molecule is O=C(O[C@H]1[C@@H]2C=CO[C@H](O[C@@H]3O[C@@H](CO)[C@@H](O)[C@@H](O)[C@H]3O)[C@@H]2[C@](O)(CO)[C@@H]1O)c1ccccc1. The van der Waals surface area contributed by atoms with E-state index in [1.54, 1.807) is 18.2 Å². The Hall–Kier alpha value is -2.13. The van der Waals surface area contributed by atoms with Crippen LogP contribution in [0.15, 0.2) is 42.7 Å². The van der Waals surface area contributed by atoms with Crippen molar-refractivity contribution in [2.75, 3.05) is 13.2 Å². The van der Waals surface area contributed by atoms with Crippen LogP contribution in [0, 0.1) is 11.8 Å². The molecular weight excluding hydrogens is 456 g/mol. The fourth-order valence-corrected chi connectivity index (χ4v) is 4.71. The van der Waals surface area contributed by atoms with E-state index in [1.807, 2.05) is 0 Å². The second-order valence-electron chi connectivity index (χ2n) is 8.60. The predicted molar refractivity (Wildman–Crippen MR) is 110 cm³/mol. The summed E-state index contributed by atoms with van der Waals surface area (Å²) in [5, 5.41) is 71.6. The Bertz CT molecular complexity index is 878. The van der Waals surface area contributed by atoms with Gasteiger partial charge >= 0.3 is 5.97 Å². The van der Waals surface area contributed by atoms with Crippen LogP contribution in [0.2, 0.25) is 0 Å². The van der Waals surface area contributed by atoms with Gasteiger partial charge in [0.15, 0.2) is 6.29 Å². The molecule has 0 unspecified atom stereocenters. The minimum absolute atomic E-state index is 0.218. The summed E-state index contributed by atoms with van der Waals surface area (Å²) in [6.45, 7) is -1.63. The highest BCUT2D eigenvalue weighted by Crippen LogP contribution is 2.48. The first-order valence-corrected chi connectivity index (χ1v) is 10.8. The van der Waals surface area contributed by atoms with E-state index in [0.717, 1.165) is 0 Å². The number of carbonyl (C=O) groups is 1. The van der Waals surface area contributed by atoms with Gasteiger partial charge in [0.1, 0.15) is 42.2 Å². The van der Waals surface area contributed by atoms with Crippen molar-refractivity contribution in [2.45, 2.75) is 54.8 Å². The van der Waals surface area contributed by atoms with E-state index in [9.17, 15) is 40.5 Å². The summed E-state index contributed by atoms with van der Waals surface area (Å²) in [7, 11) is 0. The summed E-state index contributed by atoms with van der Waals surface area (Å²) < 4.78 is 21.9. The Labute approximate surface area is 194 Å². The molecule has 1 saturated heterocycles. The van der Waals surface area contributed by atoms with Crippen molar-refractivity contribution >= 4 is 5.97 Å². The van der Waals surface area contributed by atoms with Crippen LogP contribution in [-0.4, -0.2) is 110 Å². The molecule has 11 atom stereocenters. The Kier molecular flexibility index (Phi) is 7.24. The van der Waals surface area contributed by atoms with Gasteiger partial charge in [-0.25, -0.2) is 4.79 Å². The smallest absolute Gasteiger partial charge is 0.338 e. The molecule has 2 fully saturated rings. The number of hydrogen-bond donors (Lipinski definition) is 7. The molecule has 1 aliphatic carbocycles. The van der Waals surface area contributed by atoms with E-state index in [4.69, 9.17) is 18.9 Å². The van der Waals surface area contributed by atoms with Gasteiger partial charge in [0.05, 0.1) is 31.0 Å². The van der Waals surface area contributed by atoms with Crippen molar-refractivity contribution in [3.63, 3.8) is 0 Å². The largest absolute Gasteiger partial charge is 0.472 e. The summed E-state index contributed by atoms with van der Waals surface area (Å²) >= 11 is 0. The zero-order valence-corrected chi connectivity index (χ0v) is 17.9. The number of aliphatic hydroxyl groups is 7. The average Bonchev–Trinajstić information content (AvgIpc) is 3.07. The van der Waals surface area contributed by atoms with Gasteiger partial charge in [-0.15, -0.1) is 0 Å². The molecule has 188 valence electrons. The number of benzene rings is 1. The van der Waals surface area contributed by atoms with E-state index >= 15 is 0 Å². The van der Waals surface area contributed by atoms with Crippen molar-refractivity contribution in [1.29, 1.82) is 0 Å². The number of aliphatic hydroxyl groups excluding tert-OH is 6. The first-order chi connectivity index (χ1) is 16.2. The Morgan fingerprint density at radius 1 is 1.00 bits per heavy atom. The number of esters is 1. The van der Waals surface area contributed by atoms with E-state index in [0.29, 0.717) is 0 Å². The first-order valence-electron chi connectivity index (χ1n) is 10.8. The molecule has 12 nitrogen and oxygen atoms in total. The number of fused-ring (bicyclic) bond motifs is 1. The van der Waals surface area contributed by atoms with Crippen molar-refractivity contribution < 1.29 is 59.5 Å².